The van der Waals surface area contributed by atoms with Gasteiger partial charge < -0.3 is 9.84 Å². The lowest BCUT2D eigenvalue weighted by molar-refractivity contribution is -0.142. The molecule has 1 heterocycles. The maximum atomic E-state index is 10.9. The van der Waals surface area contributed by atoms with E-state index in [0.29, 0.717) is 5.56 Å². The van der Waals surface area contributed by atoms with E-state index in [1.165, 1.54) is 7.11 Å². The highest BCUT2D eigenvalue weighted by Crippen LogP contribution is 2.19. The van der Waals surface area contributed by atoms with E-state index in [9.17, 15) is 9.90 Å². The van der Waals surface area contributed by atoms with Gasteiger partial charge in [0.05, 0.1) is 19.6 Å². The minimum absolute atomic E-state index is 0.0264. The van der Waals surface area contributed by atoms with Crippen LogP contribution in [0.1, 0.15) is 23.7 Å². The summed E-state index contributed by atoms with van der Waals surface area (Å²) in [6, 6.07) is 1.70. The van der Waals surface area contributed by atoms with Gasteiger partial charge in [-0.15, -0.1) is 0 Å². The van der Waals surface area contributed by atoms with Crippen molar-refractivity contribution in [2.24, 2.45) is 0 Å². The molecule has 1 aromatic heterocycles. The molecule has 1 unspecified atom stereocenters. The number of aliphatic hydroxyl groups is 1. The maximum Gasteiger partial charge on any atom is 0.308 e. The number of esters is 1. The fourth-order valence-electron chi connectivity index (χ4n) is 1.21. The molecule has 14 heavy (non-hydrogen) atoms. The predicted octanol–water partition coefficient (Wildman–Crippen LogP) is 0.987. The summed E-state index contributed by atoms with van der Waals surface area (Å²) in [5.74, 6) is -0.422. The van der Waals surface area contributed by atoms with E-state index >= 15 is 0 Å². The number of aryl methyl sites for hydroxylation is 1. The van der Waals surface area contributed by atoms with Crippen LogP contribution >= 0.6 is 0 Å². The van der Waals surface area contributed by atoms with Crippen molar-refractivity contribution in [2.75, 3.05) is 7.11 Å². The molecule has 0 spiro atoms. The molecule has 0 saturated heterocycles. The number of aliphatic hydroxyl groups excluding tert-OH is 1. The molecule has 0 fully saturated rings. The third kappa shape index (κ3) is 2.53. The second kappa shape index (κ2) is 4.72. The van der Waals surface area contributed by atoms with Crippen molar-refractivity contribution in [2.45, 2.75) is 19.4 Å². The van der Waals surface area contributed by atoms with E-state index in [2.05, 4.69) is 9.72 Å². The van der Waals surface area contributed by atoms with Crippen LogP contribution in [-0.4, -0.2) is 23.2 Å². The Labute approximate surface area is 82.5 Å². The number of hydrogen-bond donors (Lipinski definition) is 1. The second-order valence-electron chi connectivity index (χ2n) is 3.03. The van der Waals surface area contributed by atoms with Crippen molar-refractivity contribution >= 4 is 5.97 Å². The minimum Gasteiger partial charge on any atom is -0.469 e. The Morgan fingerprint density at radius 2 is 2.43 bits per heavy atom. The zero-order valence-electron chi connectivity index (χ0n) is 8.23. The van der Waals surface area contributed by atoms with Gasteiger partial charge in [0.1, 0.15) is 0 Å². The van der Waals surface area contributed by atoms with Crippen LogP contribution < -0.4 is 0 Å². The Kier molecular flexibility index (Phi) is 3.59. The van der Waals surface area contributed by atoms with Crippen LogP contribution in [0.2, 0.25) is 0 Å². The SMILES string of the molecule is COC(=O)CC(O)c1ccncc1C. The number of carbonyl (C=O) groups is 1. The summed E-state index contributed by atoms with van der Waals surface area (Å²) in [6.07, 6.45) is 2.39. The molecular formula is C10H13NO3. The van der Waals surface area contributed by atoms with Gasteiger partial charge >= 0.3 is 5.97 Å². The van der Waals surface area contributed by atoms with Crippen LogP contribution in [0.25, 0.3) is 0 Å². The maximum absolute atomic E-state index is 10.9. The second-order valence-corrected chi connectivity index (χ2v) is 3.03. The van der Waals surface area contributed by atoms with Gasteiger partial charge in [-0.2, -0.15) is 0 Å². The van der Waals surface area contributed by atoms with Gasteiger partial charge in [0, 0.05) is 12.4 Å². The number of aromatic nitrogens is 1. The summed E-state index contributed by atoms with van der Waals surface area (Å²) in [7, 11) is 1.30. The molecular weight excluding hydrogens is 182 g/mol. The van der Waals surface area contributed by atoms with Crippen LogP contribution in [0.4, 0.5) is 0 Å². The summed E-state index contributed by atoms with van der Waals surface area (Å²) >= 11 is 0. The Morgan fingerprint density at radius 3 is 3.00 bits per heavy atom. The summed E-state index contributed by atoms with van der Waals surface area (Å²) in [4.78, 5) is 14.8. The van der Waals surface area contributed by atoms with Gasteiger partial charge in [0.25, 0.3) is 0 Å². The number of methoxy groups -OCH3 is 1. The molecule has 1 rings (SSSR count). The standard InChI is InChI=1S/C10H13NO3/c1-7-6-11-4-3-8(7)9(12)5-10(13)14-2/h3-4,6,9,12H,5H2,1-2H3. The Balaban J connectivity index is 2.74. The lowest BCUT2D eigenvalue weighted by Gasteiger charge is -2.11. The average Bonchev–Trinajstić information content (AvgIpc) is 2.18. The highest BCUT2D eigenvalue weighted by Gasteiger charge is 2.14. The molecule has 1 aromatic rings. The van der Waals surface area contributed by atoms with Crippen LogP contribution in [0.3, 0.4) is 0 Å². The quantitative estimate of drug-likeness (QED) is 0.730. The minimum atomic E-state index is -0.814. The first-order valence-corrected chi connectivity index (χ1v) is 4.30. The predicted molar refractivity (Wildman–Crippen MR) is 50.6 cm³/mol. The van der Waals surface area contributed by atoms with Crippen molar-refractivity contribution in [1.29, 1.82) is 0 Å². The van der Waals surface area contributed by atoms with E-state index in [4.69, 9.17) is 0 Å². The first kappa shape index (κ1) is 10.7. The number of ether oxygens (including phenoxy) is 1. The summed E-state index contributed by atoms with van der Waals surface area (Å²) in [5.41, 5.74) is 1.58. The number of nitrogens with zero attached hydrogens (tertiary/aromatic N) is 1. The van der Waals surface area contributed by atoms with Crippen LogP contribution in [-0.2, 0) is 9.53 Å². The van der Waals surface area contributed by atoms with Gasteiger partial charge in [-0.05, 0) is 24.1 Å². The Bertz CT molecular complexity index is 325. The number of rotatable bonds is 3. The van der Waals surface area contributed by atoms with E-state index in [-0.39, 0.29) is 6.42 Å². The third-order valence-electron chi connectivity index (χ3n) is 2.01. The molecule has 0 aliphatic carbocycles. The van der Waals surface area contributed by atoms with E-state index in [0.717, 1.165) is 5.56 Å². The monoisotopic (exact) mass is 195 g/mol. The number of pyridine rings is 1. The van der Waals surface area contributed by atoms with Gasteiger partial charge in [-0.3, -0.25) is 9.78 Å². The van der Waals surface area contributed by atoms with Crippen molar-refractivity contribution < 1.29 is 14.6 Å². The highest BCUT2D eigenvalue weighted by molar-refractivity contribution is 5.70. The lowest BCUT2D eigenvalue weighted by Crippen LogP contribution is -2.09. The first-order chi connectivity index (χ1) is 6.65. The molecule has 76 valence electrons. The molecule has 1 atom stereocenters. The highest BCUT2D eigenvalue weighted by atomic mass is 16.5. The topological polar surface area (TPSA) is 59.4 Å². The molecule has 0 aromatic carbocycles. The zero-order valence-corrected chi connectivity index (χ0v) is 8.23. The lowest BCUT2D eigenvalue weighted by atomic mass is 10.0. The van der Waals surface area contributed by atoms with Crippen molar-refractivity contribution in [3.8, 4) is 0 Å². The zero-order chi connectivity index (χ0) is 10.6. The van der Waals surface area contributed by atoms with Crippen LogP contribution in [0.5, 0.6) is 0 Å². The van der Waals surface area contributed by atoms with E-state index in [1.54, 1.807) is 18.5 Å². The van der Waals surface area contributed by atoms with Crippen LogP contribution in [0, 0.1) is 6.92 Å². The van der Waals surface area contributed by atoms with E-state index in [1.807, 2.05) is 6.92 Å². The first-order valence-electron chi connectivity index (χ1n) is 4.30. The Morgan fingerprint density at radius 1 is 1.71 bits per heavy atom. The van der Waals surface area contributed by atoms with Gasteiger partial charge in [0.2, 0.25) is 0 Å². The molecule has 4 nitrogen and oxygen atoms in total. The normalized spacial score (nSPS) is 12.2. The fraction of sp³-hybridized carbons (Fsp3) is 0.400. The summed E-state index contributed by atoms with van der Waals surface area (Å²) in [6.45, 7) is 1.84. The van der Waals surface area contributed by atoms with Gasteiger partial charge in [-0.1, -0.05) is 0 Å². The molecule has 0 aliphatic heterocycles. The van der Waals surface area contributed by atoms with Crippen molar-refractivity contribution in [3.63, 3.8) is 0 Å². The molecule has 1 N–H and O–H groups in total. The van der Waals surface area contributed by atoms with Crippen LogP contribution in [0.15, 0.2) is 18.5 Å². The fourth-order valence-corrected chi connectivity index (χ4v) is 1.21. The average molecular weight is 195 g/mol. The molecule has 0 amide bonds. The molecule has 0 aliphatic rings. The Hall–Kier alpha value is -1.42. The van der Waals surface area contributed by atoms with Crippen molar-refractivity contribution in [1.82, 2.24) is 4.98 Å². The molecule has 0 saturated carbocycles. The smallest absolute Gasteiger partial charge is 0.308 e. The van der Waals surface area contributed by atoms with Crippen molar-refractivity contribution in [3.05, 3.63) is 29.6 Å². The number of hydrogen-bond acceptors (Lipinski definition) is 4. The van der Waals surface area contributed by atoms with Gasteiger partial charge in [-0.25, -0.2) is 0 Å². The summed E-state index contributed by atoms with van der Waals surface area (Å²) in [5, 5.41) is 9.67. The number of carbonyl (C=O) groups excluding carboxylic acids is 1. The summed E-state index contributed by atoms with van der Waals surface area (Å²) < 4.78 is 4.47. The largest absolute Gasteiger partial charge is 0.469 e. The van der Waals surface area contributed by atoms with Gasteiger partial charge in [0.15, 0.2) is 0 Å². The third-order valence-corrected chi connectivity index (χ3v) is 2.01. The molecule has 0 bridgehead atoms. The van der Waals surface area contributed by atoms with E-state index < -0.39 is 12.1 Å². The molecule has 4 heteroatoms. The molecule has 0 radical (unpaired) electrons.